The Morgan fingerprint density at radius 1 is 1.33 bits per heavy atom. The molecule has 4 atom stereocenters. The SMILES string of the molecule is CCCC(C)NC(=O)CNCC1CC2CCC1C2. The molecule has 18 heavy (non-hydrogen) atoms. The van der Waals surface area contributed by atoms with Crippen LogP contribution in [0.25, 0.3) is 0 Å². The van der Waals surface area contributed by atoms with Gasteiger partial charge in [-0.3, -0.25) is 4.79 Å². The summed E-state index contributed by atoms with van der Waals surface area (Å²) in [7, 11) is 0. The van der Waals surface area contributed by atoms with Crippen molar-refractivity contribution in [1.29, 1.82) is 0 Å². The van der Waals surface area contributed by atoms with Gasteiger partial charge in [-0.25, -0.2) is 0 Å². The molecule has 2 saturated carbocycles. The quantitative estimate of drug-likeness (QED) is 0.730. The maximum atomic E-state index is 11.7. The van der Waals surface area contributed by atoms with E-state index < -0.39 is 0 Å². The third-order valence-corrected chi connectivity index (χ3v) is 4.71. The first kappa shape index (κ1) is 13.9. The fourth-order valence-electron chi connectivity index (χ4n) is 3.83. The molecule has 4 unspecified atom stereocenters. The van der Waals surface area contributed by atoms with E-state index in [4.69, 9.17) is 0 Å². The molecule has 2 aliphatic carbocycles. The van der Waals surface area contributed by atoms with Crippen LogP contribution in [0.2, 0.25) is 0 Å². The van der Waals surface area contributed by atoms with Crippen molar-refractivity contribution in [2.75, 3.05) is 13.1 Å². The van der Waals surface area contributed by atoms with Crippen LogP contribution in [-0.2, 0) is 4.79 Å². The highest BCUT2D eigenvalue weighted by Crippen LogP contribution is 2.47. The van der Waals surface area contributed by atoms with Crippen molar-refractivity contribution >= 4 is 5.91 Å². The Morgan fingerprint density at radius 3 is 2.78 bits per heavy atom. The minimum absolute atomic E-state index is 0.152. The van der Waals surface area contributed by atoms with Crippen molar-refractivity contribution in [3.63, 3.8) is 0 Å². The van der Waals surface area contributed by atoms with Gasteiger partial charge in [0.1, 0.15) is 0 Å². The molecule has 2 aliphatic rings. The Kier molecular flexibility index (Phi) is 5.04. The average molecular weight is 252 g/mol. The number of rotatable bonds is 7. The molecule has 2 fully saturated rings. The summed E-state index contributed by atoms with van der Waals surface area (Å²) >= 11 is 0. The molecule has 2 N–H and O–H groups in total. The third-order valence-electron chi connectivity index (χ3n) is 4.71. The summed E-state index contributed by atoms with van der Waals surface area (Å²) in [5.41, 5.74) is 0. The van der Waals surface area contributed by atoms with Crippen LogP contribution in [0.15, 0.2) is 0 Å². The van der Waals surface area contributed by atoms with E-state index in [0.29, 0.717) is 12.6 Å². The molecule has 0 spiro atoms. The van der Waals surface area contributed by atoms with Crippen LogP contribution in [0.1, 0.15) is 52.4 Å². The van der Waals surface area contributed by atoms with E-state index in [-0.39, 0.29) is 5.91 Å². The maximum absolute atomic E-state index is 11.7. The van der Waals surface area contributed by atoms with Gasteiger partial charge < -0.3 is 10.6 Å². The first-order valence-corrected chi connectivity index (χ1v) is 7.69. The van der Waals surface area contributed by atoms with E-state index in [1.54, 1.807) is 0 Å². The predicted octanol–water partition coefficient (Wildman–Crippen LogP) is 2.32. The van der Waals surface area contributed by atoms with Crippen molar-refractivity contribution in [1.82, 2.24) is 10.6 Å². The van der Waals surface area contributed by atoms with E-state index in [2.05, 4.69) is 24.5 Å². The number of hydrogen-bond donors (Lipinski definition) is 2. The van der Waals surface area contributed by atoms with Gasteiger partial charge >= 0.3 is 0 Å². The van der Waals surface area contributed by atoms with Crippen molar-refractivity contribution in [2.24, 2.45) is 17.8 Å². The normalized spacial score (nSPS) is 31.6. The third kappa shape index (κ3) is 3.71. The first-order chi connectivity index (χ1) is 8.69. The predicted molar refractivity (Wildman–Crippen MR) is 74.3 cm³/mol. The van der Waals surface area contributed by atoms with E-state index >= 15 is 0 Å². The van der Waals surface area contributed by atoms with Crippen LogP contribution >= 0.6 is 0 Å². The molecule has 2 rings (SSSR count). The number of carbonyl (C=O) groups excluding carboxylic acids is 1. The average Bonchev–Trinajstić information content (AvgIpc) is 2.91. The largest absolute Gasteiger partial charge is 0.353 e. The highest BCUT2D eigenvalue weighted by Gasteiger charge is 2.38. The molecule has 104 valence electrons. The fourth-order valence-corrected chi connectivity index (χ4v) is 3.83. The van der Waals surface area contributed by atoms with Gasteiger partial charge in [0.15, 0.2) is 0 Å². The standard InChI is InChI=1S/C15H28N2O/c1-3-4-11(2)17-15(18)10-16-9-14-8-12-5-6-13(14)7-12/h11-14,16H,3-10H2,1-2H3,(H,17,18). The Bertz CT molecular complexity index is 280. The van der Waals surface area contributed by atoms with Crippen LogP contribution < -0.4 is 10.6 Å². The summed E-state index contributed by atoms with van der Waals surface area (Å²) in [6, 6.07) is 0.312. The minimum atomic E-state index is 0.152. The van der Waals surface area contributed by atoms with Crippen LogP contribution in [0.3, 0.4) is 0 Å². The lowest BCUT2D eigenvalue weighted by Gasteiger charge is -2.22. The Hall–Kier alpha value is -0.570. The summed E-state index contributed by atoms with van der Waals surface area (Å²) < 4.78 is 0. The number of hydrogen-bond acceptors (Lipinski definition) is 2. The smallest absolute Gasteiger partial charge is 0.234 e. The Balaban J connectivity index is 1.56. The Labute approximate surface area is 111 Å². The van der Waals surface area contributed by atoms with Crippen molar-refractivity contribution in [3.05, 3.63) is 0 Å². The highest BCUT2D eigenvalue weighted by molar-refractivity contribution is 5.78. The molecule has 0 aromatic carbocycles. The van der Waals surface area contributed by atoms with Gasteiger partial charge in [-0.05, 0) is 56.9 Å². The second kappa shape index (κ2) is 6.55. The van der Waals surface area contributed by atoms with Gasteiger partial charge in [0.25, 0.3) is 0 Å². The molecule has 0 aromatic rings. The van der Waals surface area contributed by atoms with Crippen LogP contribution in [-0.4, -0.2) is 25.0 Å². The molecule has 0 saturated heterocycles. The molecule has 3 heteroatoms. The zero-order valence-electron chi connectivity index (χ0n) is 11.9. The molecule has 1 amide bonds. The summed E-state index contributed by atoms with van der Waals surface area (Å²) in [6.45, 7) is 5.76. The topological polar surface area (TPSA) is 41.1 Å². The van der Waals surface area contributed by atoms with Gasteiger partial charge in [0.2, 0.25) is 5.91 Å². The van der Waals surface area contributed by atoms with Gasteiger partial charge in [-0.2, -0.15) is 0 Å². The number of amides is 1. The number of nitrogens with one attached hydrogen (secondary N) is 2. The van der Waals surface area contributed by atoms with Crippen LogP contribution in [0.5, 0.6) is 0 Å². The molecule has 0 radical (unpaired) electrons. The van der Waals surface area contributed by atoms with Crippen molar-refractivity contribution in [2.45, 2.75) is 58.4 Å². The fraction of sp³-hybridized carbons (Fsp3) is 0.933. The summed E-state index contributed by atoms with van der Waals surface area (Å²) in [5.74, 6) is 2.94. The number of carbonyl (C=O) groups is 1. The van der Waals surface area contributed by atoms with Gasteiger partial charge in [0.05, 0.1) is 6.54 Å². The molecule has 2 bridgehead atoms. The van der Waals surface area contributed by atoms with E-state index in [9.17, 15) is 4.79 Å². The minimum Gasteiger partial charge on any atom is -0.353 e. The first-order valence-electron chi connectivity index (χ1n) is 7.69. The van der Waals surface area contributed by atoms with Gasteiger partial charge in [0, 0.05) is 6.04 Å². The Morgan fingerprint density at radius 2 is 2.17 bits per heavy atom. The van der Waals surface area contributed by atoms with Crippen molar-refractivity contribution < 1.29 is 4.79 Å². The molecular weight excluding hydrogens is 224 g/mol. The van der Waals surface area contributed by atoms with Crippen LogP contribution in [0.4, 0.5) is 0 Å². The highest BCUT2D eigenvalue weighted by atomic mass is 16.1. The summed E-state index contributed by atoms with van der Waals surface area (Å²) in [4.78, 5) is 11.7. The monoisotopic (exact) mass is 252 g/mol. The van der Waals surface area contributed by atoms with E-state index in [0.717, 1.165) is 37.1 Å². The molecular formula is C15H28N2O. The molecule has 0 heterocycles. The molecule has 3 nitrogen and oxygen atoms in total. The lowest BCUT2D eigenvalue weighted by Crippen LogP contribution is -2.40. The van der Waals surface area contributed by atoms with Crippen LogP contribution in [0, 0.1) is 17.8 Å². The van der Waals surface area contributed by atoms with E-state index in [1.807, 2.05) is 0 Å². The summed E-state index contributed by atoms with van der Waals surface area (Å²) in [5, 5.41) is 6.39. The second-order valence-electron chi connectivity index (χ2n) is 6.32. The maximum Gasteiger partial charge on any atom is 0.234 e. The summed E-state index contributed by atoms with van der Waals surface area (Å²) in [6.07, 6.45) is 7.92. The van der Waals surface area contributed by atoms with Gasteiger partial charge in [-0.15, -0.1) is 0 Å². The molecule has 0 aliphatic heterocycles. The second-order valence-corrected chi connectivity index (χ2v) is 6.32. The zero-order chi connectivity index (χ0) is 13.0. The lowest BCUT2D eigenvalue weighted by molar-refractivity contribution is -0.120. The zero-order valence-corrected chi connectivity index (χ0v) is 11.9. The van der Waals surface area contributed by atoms with Crippen molar-refractivity contribution in [3.8, 4) is 0 Å². The molecule has 0 aromatic heterocycles. The van der Waals surface area contributed by atoms with Gasteiger partial charge in [-0.1, -0.05) is 19.8 Å². The number of fused-ring (bicyclic) bond motifs is 2. The lowest BCUT2D eigenvalue weighted by atomic mass is 9.89. The van der Waals surface area contributed by atoms with E-state index in [1.165, 1.54) is 25.7 Å².